The summed E-state index contributed by atoms with van der Waals surface area (Å²) in [5, 5.41) is 13.0. The number of carbonyl (C=O) groups excluding carboxylic acids is 1. The maximum absolute atomic E-state index is 13.5. The Kier molecular flexibility index (Phi) is 5.86. The summed E-state index contributed by atoms with van der Waals surface area (Å²) in [6.45, 7) is 5.85. The van der Waals surface area contributed by atoms with Gasteiger partial charge in [-0.25, -0.2) is 0 Å². The van der Waals surface area contributed by atoms with Crippen molar-refractivity contribution in [3.05, 3.63) is 46.3 Å². The van der Waals surface area contributed by atoms with Gasteiger partial charge >= 0.3 is 6.18 Å². The fourth-order valence-corrected chi connectivity index (χ4v) is 5.19. The first-order valence-corrected chi connectivity index (χ1v) is 10.7. The summed E-state index contributed by atoms with van der Waals surface area (Å²) in [4.78, 5) is 16.8. The van der Waals surface area contributed by atoms with Gasteiger partial charge in [-0.1, -0.05) is 5.16 Å². The molecule has 33 heavy (non-hydrogen) atoms. The van der Waals surface area contributed by atoms with Gasteiger partial charge in [0.25, 0.3) is 5.91 Å². The van der Waals surface area contributed by atoms with Crippen LogP contribution in [0.2, 0.25) is 0 Å². The fourth-order valence-electron chi connectivity index (χ4n) is 5.19. The largest absolute Gasteiger partial charge is 0.417 e. The second-order valence-electron chi connectivity index (χ2n) is 8.91. The van der Waals surface area contributed by atoms with Crippen LogP contribution in [0.4, 0.5) is 18.9 Å². The molecule has 1 amide bonds. The lowest BCUT2D eigenvalue weighted by Gasteiger charge is -2.43. The molecule has 3 heterocycles. The molecule has 2 aliphatic heterocycles. The van der Waals surface area contributed by atoms with Crippen molar-refractivity contribution >= 4 is 11.6 Å². The number of aromatic nitrogens is 1. The first-order valence-electron chi connectivity index (χ1n) is 10.7. The molecule has 10 heteroatoms. The predicted molar refractivity (Wildman–Crippen MR) is 113 cm³/mol. The van der Waals surface area contributed by atoms with Crippen molar-refractivity contribution in [3.8, 4) is 6.07 Å². The molecule has 176 valence electrons. The molecule has 1 aromatic carbocycles. The number of piperidine rings is 1. The van der Waals surface area contributed by atoms with Crippen molar-refractivity contribution in [2.24, 2.45) is 11.3 Å². The number of hydrogen-bond donors (Lipinski definition) is 0. The molecule has 0 N–H and O–H groups in total. The van der Waals surface area contributed by atoms with E-state index in [1.165, 1.54) is 6.07 Å². The zero-order valence-electron chi connectivity index (χ0n) is 18.7. The normalized spacial score (nSPS) is 22.9. The Morgan fingerprint density at radius 2 is 2.12 bits per heavy atom. The predicted octanol–water partition coefficient (Wildman–Crippen LogP) is 3.80. The van der Waals surface area contributed by atoms with Crippen molar-refractivity contribution in [1.29, 1.82) is 5.26 Å². The maximum Gasteiger partial charge on any atom is 0.417 e. The standard InChI is InChI=1S/C23H25F3N4O3/c1-14-20(15(2)33-28-14)21(31)29-7-6-22(13-32-3)12-30(11-17(22)10-29)18-5-4-16(9-27)19(8-18)23(24,25)26/h4-5,8,17H,6-7,10-13H2,1-3H3/t17-,22+/m1/s1. The number of nitriles is 1. The highest BCUT2D eigenvalue weighted by atomic mass is 19.4. The Balaban J connectivity index is 1.61. The summed E-state index contributed by atoms with van der Waals surface area (Å²) >= 11 is 0. The van der Waals surface area contributed by atoms with Crippen LogP contribution in [0.15, 0.2) is 22.7 Å². The minimum Gasteiger partial charge on any atom is -0.384 e. The molecule has 0 saturated carbocycles. The van der Waals surface area contributed by atoms with Crippen LogP contribution in [-0.4, -0.2) is 55.9 Å². The highest BCUT2D eigenvalue weighted by Gasteiger charge is 2.51. The van der Waals surface area contributed by atoms with Crippen LogP contribution >= 0.6 is 0 Å². The molecule has 2 aliphatic rings. The van der Waals surface area contributed by atoms with Gasteiger partial charge < -0.3 is 19.1 Å². The van der Waals surface area contributed by atoms with Crippen molar-refractivity contribution in [1.82, 2.24) is 10.1 Å². The van der Waals surface area contributed by atoms with Gasteiger partial charge in [0.1, 0.15) is 11.3 Å². The van der Waals surface area contributed by atoms with E-state index in [0.717, 1.165) is 6.07 Å². The number of nitrogens with zero attached hydrogens (tertiary/aromatic N) is 4. The third-order valence-electron chi connectivity index (χ3n) is 6.89. The summed E-state index contributed by atoms with van der Waals surface area (Å²) in [6, 6.07) is 5.44. The lowest BCUT2D eigenvalue weighted by Crippen LogP contribution is -2.51. The number of likely N-dealkylation sites (tertiary alicyclic amines) is 1. The molecule has 0 spiro atoms. The van der Waals surface area contributed by atoms with Gasteiger partial charge in [-0.3, -0.25) is 4.79 Å². The molecule has 2 fully saturated rings. The lowest BCUT2D eigenvalue weighted by atomic mass is 9.73. The molecular formula is C23H25F3N4O3. The number of rotatable bonds is 4. The molecule has 2 saturated heterocycles. The lowest BCUT2D eigenvalue weighted by molar-refractivity contribution is -0.137. The van der Waals surface area contributed by atoms with Crippen molar-refractivity contribution < 1.29 is 27.2 Å². The van der Waals surface area contributed by atoms with Gasteiger partial charge in [0.05, 0.1) is 29.5 Å². The van der Waals surface area contributed by atoms with Crippen LogP contribution in [0.1, 0.15) is 39.4 Å². The monoisotopic (exact) mass is 462 g/mol. The number of anilines is 1. The summed E-state index contributed by atoms with van der Waals surface area (Å²) in [7, 11) is 1.61. The average Bonchev–Trinajstić information content (AvgIpc) is 3.31. The van der Waals surface area contributed by atoms with Crippen LogP contribution in [0, 0.1) is 36.5 Å². The molecule has 0 aliphatic carbocycles. The van der Waals surface area contributed by atoms with Crippen molar-refractivity contribution in [3.63, 3.8) is 0 Å². The molecule has 2 atom stereocenters. The van der Waals surface area contributed by atoms with E-state index in [1.807, 2.05) is 4.90 Å². The second-order valence-corrected chi connectivity index (χ2v) is 8.91. The number of amides is 1. The first-order chi connectivity index (χ1) is 15.6. The fraction of sp³-hybridized carbons (Fsp3) is 0.522. The Bertz CT molecular complexity index is 1090. The van der Waals surface area contributed by atoms with Gasteiger partial charge in [-0.05, 0) is 38.5 Å². The summed E-state index contributed by atoms with van der Waals surface area (Å²) in [5.41, 5.74) is -0.201. The highest BCUT2D eigenvalue weighted by molar-refractivity contribution is 5.96. The number of methoxy groups -OCH3 is 1. The van der Waals surface area contributed by atoms with Gasteiger partial charge in [0.15, 0.2) is 0 Å². The minimum absolute atomic E-state index is 0.0144. The minimum atomic E-state index is -4.62. The van der Waals surface area contributed by atoms with Gasteiger partial charge in [-0.2, -0.15) is 18.4 Å². The van der Waals surface area contributed by atoms with Crippen molar-refractivity contribution in [2.45, 2.75) is 26.4 Å². The number of ether oxygens (including phenoxy) is 1. The summed E-state index contributed by atoms with van der Waals surface area (Å²) in [6.07, 6.45) is -3.95. The number of hydrogen-bond acceptors (Lipinski definition) is 6. The van der Waals surface area contributed by atoms with Crippen LogP contribution in [0.3, 0.4) is 0 Å². The quantitative estimate of drug-likeness (QED) is 0.688. The molecule has 4 rings (SSSR count). The van der Waals surface area contributed by atoms with Crippen molar-refractivity contribution in [2.75, 3.05) is 44.8 Å². The molecular weight excluding hydrogens is 437 g/mol. The Morgan fingerprint density at radius 1 is 1.36 bits per heavy atom. The number of halogens is 3. The van der Waals surface area contributed by atoms with Gasteiger partial charge in [-0.15, -0.1) is 0 Å². The van der Waals surface area contributed by atoms with E-state index in [4.69, 9.17) is 14.5 Å². The molecule has 0 unspecified atom stereocenters. The molecule has 7 nitrogen and oxygen atoms in total. The highest BCUT2D eigenvalue weighted by Crippen LogP contribution is 2.45. The molecule has 2 aromatic rings. The van der Waals surface area contributed by atoms with Crippen LogP contribution in [0.25, 0.3) is 0 Å². The van der Waals surface area contributed by atoms with Crippen LogP contribution in [0.5, 0.6) is 0 Å². The Morgan fingerprint density at radius 3 is 2.73 bits per heavy atom. The second kappa shape index (κ2) is 8.37. The Hall–Kier alpha value is -3.06. The smallest absolute Gasteiger partial charge is 0.384 e. The van der Waals surface area contributed by atoms with E-state index in [0.29, 0.717) is 61.9 Å². The number of benzene rings is 1. The number of aryl methyl sites for hydroxylation is 2. The zero-order valence-corrected chi connectivity index (χ0v) is 18.7. The number of alkyl halides is 3. The first kappa shape index (κ1) is 23.1. The van der Waals surface area contributed by atoms with E-state index in [2.05, 4.69) is 5.16 Å². The number of carbonyl (C=O) groups is 1. The topological polar surface area (TPSA) is 82.6 Å². The maximum atomic E-state index is 13.5. The average molecular weight is 462 g/mol. The van der Waals surface area contributed by atoms with E-state index >= 15 is 0 Å². The zero-order chi connectivity index (χ0) is 24.0. The molecule has 0 radical (unpaired) electrons. The van der Waals surface area contributed by atoms with Crippen LogP contribution in [-0.2, 0) is 10.9 Å². The molecule has 1 aromatic heterocycles. The van der Waals surface area contributed by atoms with Gasteiger partial charge in [0.2, 0.25) is 0 Å². The SMILES string of the molecule is COC[C@@]12CCN(C(=O)c3c(C)noc3C)C[C@@H]1CN(c1ccc(C#N)c(C(F)(F)F)c1)C2. The molecule has 0 bridgehead atoms. The van der Waals surface area contributed by atoms with Gasteiger partial charge in [0, 0.05) is 50.3 Å². The van der Waals surface area contributed by atoms with E-state index in [1.54, 1.807) is 38.0 Å². The van der Waals surface area contributed by atoms with E-state index in [-0.39, 0.29) is 17.2 Å². The third-order valence-corrected chi connectivity index (χ3v) is 6.89. The number of fused-ring (bicyclic) bond motifs is 1. The van der Waals surface area contributed by atoms with E-state index < -0.39 is 17.3 Å². The van der Waals surface area contributed by atoms with Crippen LogP contribution < -0.4 is 4.90 Å². The third kappa shape index (κ3) is 4.06. The summed E-state index contributed by atoms with van der Waals surface area (Å²) < 4.78 is 51.1. The van der Waals surface area contributed by atoms with E-state index in [9.17, 15) is 18.0 Å². The summed E-state index contributed by atoms with van der Waals surface area (Å²) in [5.74, 6) is 0.339. The Labute approximate surface area is 189 Å².